The van der Waals surface area contributed by atoms with Crippen molar-refractivity contribution in [2.45, 2.75) is 20.3 Å². The Morgan fingerprint density at radius 2 is 1.90 bits per heavy atom. The van der Waals surface area contributed by atoms with Crippen LogP contribution < -0.4 is 10.6 Å². The molecule has 0 saturated heterocycles. The Hall–Kier alpha value is -2.18. The lowest BCUT2D eigenvalue weighted by Gasteiger charge is -2.10. The van der Waals surface area contributed by atoms with Crippen molar-refractivity contribution in [2.75, 3.05) is 18.4 Å². The molecular weight excluding hydrogens is 282 g/mol. The van der Waals surface area contributed by atoms with Crippen molar-refractivity contribution < 1.29 is 23.5 Å². The fourth-order valence-electron chi connectivity index (χ4n) is 1.57. The zero-order valence-electron chi connectivity index (χ0n) is 11.9. The van der Waals surface area contributed by atoms with Crippen molar-refractivity contribution in [3.63, 3.8) is 0 Å². The van der Waals surface area contributed by atoms with E-state index in [0.717, 1.165) is 12.1 Å². The summed E-state index contributed by atoms with van der Waals surface area (Å²) >= 11 is 0. The average molecular weight is 300 g/mol. The molecule has 1 rings (SSSR count). The van der Waals surface area contributed by atoms with Crippen molar-refractivity contribution in [3.8, 4) is 0 Å². The molecule has 7 heteroatoms. The zero-order valence-corrected chi connectivity index (χ0v) is 11.9. The van der Waals surface area contributed by atoms with E-state index < -0.39 is 23.2 Å². The second kappa shape index (κ2) is 7.56. The molecule has 0 fully saturated rings. The summed E-state index contributed by atoms with van der Waals surface area (Å²) in [7, 11) is 0. The normalized spacial score (nSPS) is 10.5. The molecule has 0 heterocycles. The first kappa shape index (κ1) is 16.9. The molecule has 1 amide bonds. The number of carboxylic acids is 1. The Morgan fingerprint density at radius 1 is 1.24 bits per heavy atom. The number of hydrogen-bond acceptors (Lipinski definition) is 3. The van der Waals surface area contributed by atoms with Gasteiger partial charge < -0.3 is 15.7 Å². The third kappa shape index (κ3) is 5.02. The molecule has 0 spiro atoms. The number of carbonyl (C=O) groups excluding carboxylic acids is 1. The maximum absolute atomic E-state index is 13.6. The van der Waals surface area contributed by atoms with E-state index in [1.54, 1.807) is 0 Å². The van der Waals surface area contributed by atoms with E-state index >= 15 is 0 Å². The SMILES string of the molecule is CC(C)CNC(=O)CCNc1ccc(C(=O)O)c(F)c1F. The molecule has 0 atom stereocenters. The van der Waals surface area contributed by atoms with Crippen molar-refractivity contribution in [1.82, 2.24) is 5.32 Å². The van der Waals surface area contributed by atoms with Crippen molar-refractivity contribution >= 4 is 17.6 Å². The lowest BCUT2D eigenvalue weighted by molar-refractivity contribution is -0.120. The van der Waals surface area contributed by atoms with E-state index in [-0.39, 0.29) is 24.6 Å². The molecule has 1 aromatic carbocycles. The van der Waals surface area contributed by atoms with Gasteiger partial charge in [0.05, 0.1) is 11.3 Å². The summed E-state index contributed by atoms with van der Waals surface area (Å²) in [6, 6.07) is 2.11. The van der Waals surface area contributed by atoms with Crippen LogP contribution in [0.4, 0.5) is 14.5 Å². The van der Waals surface area contributed by atoms with Crippen LogP contribution in [0.25, 0.3) is 0 Å². The van der Waals surface area contributed by atoms with Gasteiger partial charge in [-0.1, -0.05) is 13.8 Å². The number of rotatable bonds is 7. The molecule has 5 nitrogen and oxygen atoms in total. The smallest absolute Gasteiger partial charge is 0.338 e. The molecule has 0 bridgehead atoms. The standard InChI is InChI=1S/C14H18F2N2O3/c1-8(2)7-18-11(19)5-6-17-10-4-3-9(14(20)21)12(15)13(10)16/h3-4,8,17H,5-7H2,1-2H3,(H,18,19)(H,20,21). The molecule has 3 N–H and O–H groups in total. The third-order valence-corrected chi connectivity index (χ3v) is 2.69. The van der Waals surface area contributed by atoms with Gasteiger partial charge in [-0.05, 0) is 18.1 Å². The number of anilines is 1. The van der Waals surface area contributed by atoms with Crippen LogP contribution in [0.3, 0.4) is 0 Å². The summed E-state index contributed by atoms with van der Waals surface area (Å²) in [5.74, 6) is -4.09. The van der Waals surface area contributed by atoms with Gasteiger partial charge in [0.2, 0.25) is 5.91 Å². The summed E-state index contributed by atoms with van der Waals surface area (Å²) in [6.07, 6.45) is 0.106. The average Bonchev–Trinajstić information content (AvgIpc) is 2.41. The monoisotopic (exact) mass is 300 g/mol. The minimum Gasteiger partial charge on any atom is -0.478 e. The zero-order chi connectivity index (χ0) is 16.0. The number of nitrogens with one attached hydrogen (secondary N) is 2. The van der Waals surface area contributed by atoms with Crippen LogP contribution in [-0.2, 0) is 4.79 Å². The first-order valence-electron chi connectivity index (χ1n) is 6.54. The summed E-state index contributed by atoms with van der Waals surface area (Å²) in [4.78, 5) is 22.1. The van der Waals surface area contributed by atoms with Gasteiger partial charge in [-0.25, -0.2) is 13.6 Å². The Balaban J connectivity index is 2.55. The Kier molecular flexibility index (Phi) is 6.08. The van der Waals surface area contributed by atoms with E-state index in [2.05, 4.69) is 10.6 Å². The highest BCUT2D eigenvalue weighted by molar-refractivity contribution is 5.88. The number of aromatic carboxylic acids is 1. The predicted molar refractivity (Wildman–Crippen MR) is 74.3 cm³/mol. The van der Waals surface area contributed by atoms with Crippen LogP contribution in [0.15, 0.2) is 12.1 Å². The Labute approximate surface area is 121 Å². The van der Waals surface area contributed by atoms with Crippen molar-refractivity contribution in [1.29, 1.82) is 0 Å². The minimum absolute atomic E-state index is 0.106. The lowest BCUT2D eigenvalue weighted by atomic mass is 10.2. The summed E-state index contributed by atoms with van der Waals surface area (Å²) < 4.78 is 27.0. The van der Waals surface area contributed by atoms with Crippen molar-refractivity contribution in [3.05, 3.63) is 29.3 Å². The molecule has 0 aliphatic carbocycles. The van der Waals surface area contributed by atoms with Gasteiger partial charge >= 0.3 is 5.97 Å². The molecule has 0 aliphatic rings. The summed E-state index contributed by atoms with van der Waals surface area (Å²) in [6.45, 7) is 4.59. The second-order valence-electron chi connectivity index (χ2n) is 4.97. The van der Waals surface area contributed by atoms with Crippen molar-refractivity contribution in [2.24, 2.45) is 5.92 Å². The van der Waals surface area contributed by atoms with E-state index in [1.807, 2.05) is 13.8 Å². The van der Waals surface area contributed by atoms with Gasteiger partial charge in [0, 0.05) is 19.5 Å². The molecule has 0 unspecified atom stereocenters. The van der Waals surface area contributed by atoms with Gasteiger partial charge in [0.1, 0.15) is 0 Å². The minimum atomic E-state index is -1.54. The summed E-state index contributed by atoms with van der Waals surface area (Å²) in [5, 5.41) is 13.9. The number of benzene rings is 1. The second-order valence-corrected chi connectivity index (χ2v) is 4.97. The Morgan fingerprint density at radius 3 is 2.48 bits per heavy atom. The quantitative estimate of drug-likeness (QED) is 0.721. The third-order valence-electron chi connectivity index (χ3n) is 2.69. The summed E-state index contributed by atoms with van der Waals surface area (Å²) in [5.41, 5.74) is -0.901. The maximum atomic E-state index is 13.6. The molecule has 0 radical (unpaired) electrons. The topological polar surface area (TPSA) is 78.4 Å². The number of hydrogen-bond donors (Lipinski definition) is 3. The van der Waals surface area contributed by atoms with Crippen LogP contribution in [0.1, 0.15) is 30.6 Å². The lowest BCUT2D eigenvalue weighted by Crippen LogP contribution is -2.28. The molecular formula is C14H18F2N2O3. The number of halogens is 2. The van der Waals surface area contributed by atoms with Crippen LogP contribution in [0.5, 0.6) is 0 Å². The highest BCUT2D eigenvalue weighted by Crippen LogP contribution is 2.20. The highest BCUT2D eigenvalue weighted by Gasteiger charge is 2.17. The molecule has 0 saturated carbocycles. The molecule has 1 aromatic rings. The van der Waals surface area contributed by atoms with Gasteiger partial charge in [0.25, 0.3) is 0 Å². The van der Waals surface area contributed by atoms with Crippen LogP contribution >= 0.6 is 0 Å². The number of amides is 1. The van der Waals surface area contributed by atoms with Gasteiger partial charge in [-0.2, -0.15) is 0 Å². The van der Waals surface area contributed by atoms with Crippen LogP contribution in [0, 0.1) is 17.6 Å². The molecule has 21 heavy (non-hydrogen) atoms. The maximum Gasteiger partial charge on any atom is 0.338 e. The molecule has 0 aromatic heterocycles. The van der Waals surface area contributed by atoms with Gasteiger partial charge in [0.15, 0.2) is 11.6 Å². The predicted octanol–water partition coefficient (Wildman–Crippen LogP) is 2.24. The highest BCUT2D eigenvalue weighted by atomic mass is 19.2. The Bertz CT molecular complexity index is 533. The van der Waals surface area contributed by atoms with E-state index in [9.17, 15) is 18.4 Å². The van der Waals surface area contributed by atoms with Crippen LogP contribution in [-0.4, -0.2) is 30.1 Å². The fraction of sp³-hybridized carbons (Fsp3) is 0.429. The number of carboxylic acid groups (broad SMARTS) is 1. The first-order chi connectivity index (χ1) is 9.82. The van der Waals surface area contributed by atoms with Gasteiger partial charge in [-0.3, -0.25) is 4.79 Å². The van der Waals surface area contributed by atoms with E-state index in [1.165, 1.54) is 0 Å². The van der Waals surface area contributed by atoms with Gasteiger partial charge in [-0.15, -0.1) is 0 Å². The van der Waals surface area contributed by atoms with E-state index in [0.29, 0.717) is 12.5 Å². The molecule has 0 aliphatic heterocycles. The number of carbonyl (C=O) groups is 2. The van der Waals surface area contributed by atoms with Crippen LogP contribution in [0.2, 0.25) is 0 Å². The fourth-order valence-corrected chi connectivity index (χ4v) is 1.57. The molecule has 116 valence electrons. The first-order valence-corrected chi connectivity index (χ1v) is 6.54. The largest absolute Gasteiger partial charge is 0.478 e. The van der Waals surface area contributed by atoms with E-state index in [4.69, 9.17) is 5.11 Å².